The number of carbonyl (C=O) groups is 1. The van der Waals surface area contributed by atoms with Crippen molar-refractivity contribution in [2.24, 2.45) is 0 Å². The fourth-order valence-electron chi connectivity index (χ4n) is 2.51. The van der Waals surface area contributed by atoms with Gasteiger partial charge in [0.15, 0.2) is 11.5 Å². The summed E-state index contributed by atoms with van der Waals surface area (Å²) in [5, 5.41) is 5.80. The average molecular weight is 366 g/mol. The van der Waals surface area contributed by atoms with Gasteiger partial charge in [-0.3, -0.25) is 4.79 Å². The molecule has 0 spiro atoms. The maximum absolute atomic E-state index is 12.9. The first-order valence-electron chi connectivity index (χ1n) is 8.19. The molecule has 136 valence electrons. The van der Waals surface area contributed by atoms with E-state index in [0.717, 1.165) is 11.3 Å². The predicted molar refractivity (Wildman–Crippen MR) is 95.4 cm³/mol. The van der Waals surface area contributed by atoms with E-state index in [0.29, 0.717) is 17.3 Å². The lowest BCUT2D eigenvalue weighted by Gasteiger charge is -2.08. The Morgan fingerprint density at radius 1 is 1.04 bits per heavy atom. The third-order valence-corrected chi connectivity index (χ3v) is 3.90. The first-order chi connectivity index (χ1) is 13.2. The smallest absolute Gasteiger partial charge is 0.271 e. The highest BCUT2D eigenvalue weighted by Gasteiger charge is 2.13. The van der Waals surface area contributed by atoms with Crippen molar-refractivity contribution in [2.45, 2.75) is 6.54 Å². The minimum Gasteiger partial charge on any atom is -0.454 e. The Balaban J connectivity index is 1.36. The van der Waals surface area contributed by atoms with Crippen LogP contribution in [-0.4, -0.2) is 22.7 Å². The number of aromatic nitrogens is 2. The molecule has 0 atom stereocenters. The van der Waals surface area contributed by atoms with Gasteiger partial charge in [0.2, 0.25) is 6.79 Å². The standard InChI is InChI=1S/C19H15FN4O3/c20-13-3-1-12(2-4-13)8-23-19(25)15-9-22-18(10-21-15)24-14-5-6-16-17(7-14)27-11-26-16/h1-7,9-10H,8,11H2,(H,22,24)(H,23,25). The number of rotatable bonds is 5. The van der Waals surface area contributed by atoms with Gasteiger partial charge in [-0.1, -0.05) is 12.1 Å². The summed E-state index contributed by atoms with van der Waals surface area (Å²) < 4.78 is 23.5. The quantitative estimate of drug-likeness (QED) is 0.722. The van der Waals surface area contributed by atoms with Crippen LogP contribution >= 0.6 is 0 Å². The van der Waals surface area contributed by atoms with Gasteiger partial charge >= 0.3 is 0 Å². The lowest BCUT2D eigenvalue weighted by molar-refractivity contribution is 0.0945. The van der Waals surface area contributed by atoms with Crippen molar-refractivity contribution >= 4 is 17.4 Å². The van der Waals surface area contributed by atoms with Crippen molar-refractivity contribution in [3.05, 3.63) is 71.9 Å². The van der Waals surface area contributed by atoms with Crippen LogP contribution in [0, 0.1) is 5.82 Å². The molecule has 4 rings (SSSR count). The fourth-order valence-corrected chi connectivity index (χ4v) is 2.51. The summed E-state index contributed by atoms with van der Waals surface area (Å²) in [5.74, 6) is 1.16. The Kier molecular flexibility index (Phi) is 4.52. The summed E-state index contributed by atoms with van der Waals surface area (Å²) in [6.07, 6.45) is 2.85. The molecule has 3 aromatic rings. The maximum atomic E-state index is 12.9. The van der Waals surface area contributed by atoms with Crippen LogP contribution in [0.3, 0.4) is 0 Å². The first kappa shape index (κ1) is 16.8. The van der Waals surface area contributed by atoms with Gasteiger partial charge in [0, 0.05) is 18.3 Å². The van der Waals surface area contributed by atoms with E-state index in [1.165, 1.54) is 24.5 Å². The van der Waals surface area contributed by atoms with Crippen LogP contribution in [0.1, 0.15) is 16.1 Å². The molecule has 1 aliphatic rings. The van der Waals surface area contributed by atoms with Gasteiger partial charge in [-0.15, -0.1) is 0 Å². The summed E-state index contributed by atoms with van der Waals surface area (Å²) in [7, 11) is 0. The minimum atomic E-state index is -0.360. The van der Waals surface area contributed by atoms with Crippen molar-refractivity contribution in [3.8, 4) is 11.5 Å². The maximum Gasteiger partial charge on any atom is 0.271 e. The summed E-state index contributed by atoms with van der Waals surface area (Å²) in [6.45, 7) is 0.484. The first-order valence-corrected chi connectivity index (χ1v) is 8.19. The Morgan fingerprint density at radius 3 is 2.63 bits per heavy atom. The molecule has 2 aromatic carbocycles. The van der Waals surface area contributed by atoms with E-state index in [2.05, 4.69) is 20.6 Å². The normalized spacial score (nSPS) is 11.9. The zero-order valence-electron chi connectivity index (χ0n) is 14.1. The van der Waals surface area contributed by atoms with Gasteiger partial charge in [0.1, 0.15) is 17.3 Å². The third-order valence-electron chi connectivity index (χ3n) is 3.90. The highest BCUT2D eigenvalue weighted by atomic mass is 19.1. The summed E-state index contributed by atoms with van der Waals surface area (Å²) in [4.78, 5) is 20.5. The molecular weight excluding hydrogens is 351 g/mol. The largest absolute Gasteiger partial charge is 0.454 e. The van der Waals surface area contributed by atoms with Gasteiger partial charge in [-0.05, 0) is 29.8 Å². The van der Waals surface area contributed by atoms with Crippen molar-refractivity contribution in [1.82, 2.24) is 15.3 Å². The van der Waals surface area contributed by atoms with E-state index in [1.807, 2.05) is 6.07 Å². The van der Waals surface area contributed by atoms with Crippen LogP contribution in [0.5, 0.6) is 11.5 Å². The number of carbonyl (C=O) groups excluding carboxylic acids is 1. The van der Waals surface area contributed by atoms with Crippen LogP contribution < -0.4 is 20.1 Å². The van der Waals surface area contributed by atoms with Crippen molar-refractivity contribution < 1.29 is 18.7 Å². The Bertz CT molecular complexity index is 962. The van der Waals surface area contributed by atoms with E-state index < -0.39 is 0 Å². The fraction of sp³-hybridized carbons (Fsp3) is 0.105. The lowest BCUT2D eigenvalue weighted by Crippen LogP contribution is -2.24. The molecule has 0 saturated carbocycles. The van der Waals surface area contributed by atoms with E-state index in [9.17, 15) is 9.18 Å². The van der Waals surface area contributed by atoms with E-state index in [-0.39, 0.29) is 30.8 Å². The number of fused-ring (bicyclic) bond motifs is 1. The van der Waals surface area contributed by atoms with Crippen molar-refractivity contribution in [2.75, 3.05) is 12.1 Å². The molecule has 2 heterocycles. The number of ether oxygens (including phenoxy) is 2. The molecule has 8 heteroatoms. The molecular formula is C19H15FN4O3. The summed E-state index contributed by atoms with van der Waals surface area (Å²) >= 11 is 0. The van der Waals surface area contributed by atoms with Crippen molar-refractivity contribution in [3.63, 3.8) is 0 Å². The molecule has 0 saturated heterocycles. The number of halogens is 1. The van der Waals surface area contributed by atoms with E-state index >= 15 is 0 Å². The van der Waals surface area contributed by atoms with Gasteiger partial charge in [0.05, 0.1) is 12.4 Å². The SMILES string of the molecule is O=C(NCc1ccc(F)cc1)c1cnc(Nc2ccc3c(c2)OCO3)cn1. The van der Waals surface area contributed by atoms with Crippen LogP contribution in [0.15, 0.2) is 54.9 Å². The Morgan fingerprint density at radius 2 is 1.85 bits per heavy atom. The van der Waals surface area contributed by atoms with Crippen LogP contribution in [0.2, 0.25) is 0 Å². The highest BCUT2D eigenvalue weighted by molar-refractivity contribution is 5.92. The molecule has 2 N–H and O–H groups in total. The number of hydrogen-bond donors (Lipinski definition) is 2. The number of benzene rings is 2. The summed E-state index contributed by atoms with van der Waals surface area (Å²) in [6, 6.07) is 11.3. The minimum absolute atomic E-state index is 0.188. The van der Waals surface area contributed by atoms with Gasteiger partial charge in [-0.25, -0.2) is 14.4 Å². The molecule has 0 radical (unpaired) electrons. The molecule has 27 heavy (non-hydrogen) atoms. The zero-order chi connectivity index (χ0) is 18.6. The van der Waals surface area contributed by atoms with Crippen molar-refractivity contribution in [1.29, 1.82) is 0 Å². The molecule has 0 aliphatic carbocycles. The number of anilines is 2. The highest BCUT2D eigenvalue weighted by Crippen LogP contribution is 2.34. The van der Waals surface area contributed by atoms with E-state index in [1.54, 1.807) is 24.3 Å². The number of amides is 1. The third kappa shape index (κ3) is 3.95. The zero-order valence-corrected chi connectivity index (χ0v) is 14.1. The van der Waals surface area contributed by atoms with Crippen LogP contribution in [0.25, 0.3) is 0 Å². The average Bonchev–Trinajstić information content (AvgIpc) is 3.16. The topological polar surface area (TPSA) is 85.4 Å². The second kappa shape index (κ2) is 7.28. The second-order valence-corrected chi connectivity index (χ2v) is 5.79. The van der Waals surface area contributed by atoms with Crippen LogP contribution in [0.4, 0.5) is 15.9 Å². The number of nitrogens with zero attached hydrogens (tertiary/aromatic N) is 2. The molecule has 0 bridgehead atoms. The van der Waals surface area contributed by atoms with E-state index in [4.69, 9.17) is 9.47 Å². The number of nitrogens with one attached hydrogen (secondary N) is 2. The molecule has 0 fully saturated rings. The number of hydrogen-bond acceptors (Lipinski definition) is 6. The molecule has 1 aliphatic heterocycles. The van der Waals surface area contributed by atoms with Gasteiger partial charge in [0.25, 0.3) is 5.91 Å². The molecule has 0 unspecified atom stereocenters. The van der Waals surface area contributed by atoms with Crippen LogP contribution in [-0.2, 0) is 6.54 Å². The molecule has 7 nitrogen and oxygen atoms in total. The monoisotopic (exact) mass is 366 g/mol. The Labute approximate surface area is 154 Å². The Hall–Kier alpha value is -3.68. The molecule has 1 amide bonds. The molecule has 1 aromatic heterocycles. The second-order valence-electron chi connectivity index (χ2n) is 5.79. The lowest BCUT2D eigenvalue weighted by atomic mass is 10.2. The summed E-state index contributed by atoms with van der Waals surface area (Å²) in [5.41, 5.74) is 1.74. The predicted octanol–water partition coefficient (Wildman–Crippen LogP) is 3.02. The van der Waals surface area contributed by atoms with Gasteiger partial charge < -0.3 is 20.1 Å². The van der Waals surface area contributed by atoms with Gasteiger partial charge in [-0.2, -0.15) is 0 Å².